The molecular formula is C12H14N3O. The number of benzene rings is 1. The molecule has 0 saturated carbocycles. The molecular weight excluding hydrogens is 202 g/mol. The third-order valence-electron chi connectivity index (χ3n) is 2.64. The summed E-state index contributed by atoms with van der Waals surface area (Å²) in [6.45, 7) is 1.37. The fraction of sp³-hybridized carbons (Fsp3) is 0.250. The largest absolute Gasteiger partial charge is 0.384 e. The maximum Gasteiger partial charge on any atom is 0.226 e. The lowest BCUT2D eigenvalue weighted by molar-refractivity contribution is -0.125. The molecule has 1 aliphatic heterocycles. The van der Waals surface area contributed by atoms with Gasteiger partial charge in [-0.05, 0) is 18.1 Å². The van der Waals surface area contributed by atoms with Gasteiger partial charge < -0.3 is 10.6 Å². The van der Waals surface area contributed by atoms with Gasteiger partial charge in [0.1, 0.15) is 5.84 Å². The molecule has 0 aliphatic carbocycles. The summed E-state index contributed by atoms with van der Waals surface area (Å²) < 4.78 is 0. The van der Waals surface area contributed by atoms with Crippen LogP contribution in [0.4, 0.5) is 0 Å². The van der Waals surface area contributed by atoms with Gasteiger partial charge in [-0.3, -0.25) is 10.2 Å². The van der Waals surface area contributed by atoms with E-state index in [1.807, 2.05) is 18.2 Å². The van der Waals surface area contributed by atoms with Crippen molar-refractivity contribution in [1.82, 2.24) is 4.90 Å². The van der Waals surface area contributed by atoms with Crippen molar-refractivity contribution >= 4 is 11.7 Å². The van der Waals surface area contributed by atoms with Gasteiger partial charge in [0.25, 0.3) is 0 Å². The molecule has 1 saturated heterocycles. The van der Waals surface area contributed by atoms with Crippen molar-refractivity contribution in [2.45, 2.75) is 13.0 Å². The number of nitrogen functional groups attached to an aromatic ring is 1. The van der Waals surface area contributed by atoms with Crippen LogP contribution in [0.25, 0.3) is 0 Å². The van der Waals surface area contributed by atoms with E-state index in [-0.39, 0.29) is 11.7 Å². The molecule has 0 bridgehead atoms. The molecule has 0 unspecified atom stereocenters. The Morgan fingerprint density at radius 2 is 2.31 bits per heavy atom. The van der Waals surface area contributed by atoms with Crippen LogP contribution >= 0.6 is 0 Å². The van der Waals surface area contributed by atoms with Gasteiger partial charge in [-0.25, -0.2) is 0 Å². The zero-order valence-corrected chi connectivity index (χ0v) is 8.94. The SMILES string of the molecule is N=C(N)c1cccc(CN2CC[CH]C2=O)c1. The zero-order chi connectivity index (χ0) is 11.5. The number of likely N-dealkylation sites (tertiary alicyclic amines) is 1. The van der Waals surface area contributed by atoms with E-state index >= 15 is 0 Å². The Kier molecular flexibility index (Phi) is 2.90. The van der Waals surface area contributed by atoms with Crippen LogP contribution in [0.15, 0.2) is 24.3 Å². The predicted molar refractivity (Wildman–Crippen MR) is 61.8 cm³/mol. The van der Waals surface area contributed by atoms with Crippen molar-refractivity contribution in [2.24, 2.45) is 5.73 Å². The smallest absolute Gasteiger partial charge is 0.226 e. The molecule has 1 aromatic rings. The minimum atomic E-state index is 0.0566. The maximum atomic E-state index is 11.4. The van der Waals surface area contributed by atoms with Crippen molar-refractivity contribution in [3.63, 3.8) is 0 Å². The van der Waals surface area contributed by atoms with Gasteiger partial charge in [-0.2, -0.15) is 0 Å². The Hall–Kier alpha value is -1.84. The van der Waals surface area contributed by atoms with E-state index in [0.29, 0.717) is 12.1 Å². The first kappa shape index (κ1) is 10.7. The van der Waals surface area contributed by atoms with Crippen LogP contribution in [0.1, 0.15) is 17.5 Å². The van der Waals surface area contributed by atoms with Gasteiger partial charge in [0.15, 0.2) is 0 Å². The normalized spacial score (nSPS) is 15.5. The summed E-state index contributed by atoms with van der Waals surface area (Å²) in [4.78, 5) is 13.2. The summed E-state index contributed by atoms with van der Waals surface area (Å²) in [5.74, 6) is 0.148. The highest BCUT2D eigenvalue weighted by molar-refractivity contribution is 5.95. The average molecular weight is 216 g/mol. The van der Waals surface area contributed by atoms with E-state index in [1.54, 1.807) is 17.4 Å². The number of amides is 1. The Labute approximate surface area is 94.6 Å². The van der Waals surface area contributed by atoms with Crippen molar-refractivity contribution < 1.29 is 4.79 Å². The lowest BCUT2D eigenvalue weighted by atomic mass is 10.1. The molecule has 83 valence electrons. The molecule has 16 heavy (non-hydrogen) atoms. The van der Waals surface area contributed by atoms with Gasteiger partial charge in [0.2, 0.25) is 5.91 Å². The lowest BCUT2D eigenvalue weighted by Gasteiger charge is -2.15. The molecule has 1 radical (unpaired) electrons. The molecule has 2 rings (SSSR count). The van der Waals surface area contributed by atoms with Crippen molar-refractivity contribution in [2.75, 3.05) is 6.54 Å². The van der Waals surface area contributed by atoms with Gasteiger partial charge in [-0.15, -0.1) is 0 Å². The zero-order valence-electron chi connectivity index (χ0n) is 8.94. The Morgan fingerprint density at radius 1 is 1.50 bits per heavy atom. The summed E-state index contributed by atoms with van der Waals surface area (Å²) in [6.07, 6.45) is 2.53. The Morgan fingerprint density at radius 3 is 2.94 bits per heavy atom. The van der Waals surface area contributed by atoms with Gasteiger partial charge in [0.05, 0.1) is 6.42 Å². The number of carbonyl (C=O) groups excluding carboxylic acids is 1. The molecule has 3 N–H and O–H groups in total. The quantitative estimate of drug-likeness (QED) is 0.582. The molecule has 4 heteroatoms. The van der Waals surface area contributed by atoms with Crippen LogP contribution in [-0.2, 0) is 11.3 Å². The number of nitrogens with one attached hydrogen (secondary N) is 1. The van der Waals surface area contributed by atoms with Crippen molar-refractivity contribution in [3.05, 3.63) is 41.8 Å². The first-order valence-electron chi connectivity index (χ1n) is 5.22. The highest BCUT2D eigenvalue weighted by atomic mass is 16.2. The molecule has 1 aliphatic rings. The number of rotatable bonds is 3. The highest BCUT2D eigenvalue weighted by Crippen LogP contribution is 2.14. The molecule has 1 heterocycles. The predicted octanol–water partition coefficient (Wildman–Crippen LogP) is 0.907. The number of amidine groups is 1. The standard InChI is InChI=1S/C12H14N3O/c13-12(14)10-4-1-3-9(7-10)8-15-6-2-5-11(15)16/h1,3-5,7H,2,6,8H2,(H3,13,14). The molecule has 0 spiro atoms. The van der Waals surface area contributed by atoms with Gasteiger partial charge >= 0.3 is 0 Å². The van der Waals surface area contributed by atoms with Crippen LogP contribution < -0.4 is 5.73 Å². The second kappa shape index (κ2) is 4.35. The van der Waals surface area contributed by atoms with E-state index in [9.17, 15) is 4.79 Å². The first-order chi connectivity index (χ1) is 7.66. The van der Waals surface area contributed by atoms with E-state index < -0.39 is 0 Å². The highest BCUT2D eigenvalue weighted by Gasteiger charge is 2.20. The summed E-state index contributed by atoms with van der Waals surface area (Å²) in [5.41, 5.74) is 7.13. The third-order valence-corrected chi connectivity index (χ3v) is 2.64. The van der Waals surface area contributed by atoms with Crippen LogP contribution in [0, 0.1) is 11.8 Å². The monoisotopic (exact) mass is 216 g/mol. The summed E-state index contributed by atoms with van der Waals surface area (Å²) in [6, 6.07) is 7.45. The van der Waals surface area contributed by atoms with E-state index in [4.69, 9.17) is 11.1 Å². The van der Waals surface area contributed by atoms with E-state index in [2.05, 4.69) is 0 Å². The Bertz CT molecular complexity index is 428. The topological polar surface area (TPSA) is 70.2 Å². The van der Waals surface area contributed by atoms with Crippen LogP contribution in [0.2, 0.25) is 0 Å². The van der Waals surface area contributed by atoms with E-state index in [1.165, 1.54) is 0 Å². The number of nitrogens with two attached hydrogens (primary N) is 1. The number of carbonyl (C=O) groups is 1. The molecule has 4 nitrogen and oxygen atoms in total. The minimum Gasteiger partial charge on any atom is -0.384 e. The minimum absolute atomic E-state index is 0.0566. The molecule has 0 aromatic heterocycles. The molecule has 0 atom stereocenters. The maximum absolute atomic E-state index is 11.4. The summed E-state index contributed by atoms with van der Waals surface area (Å²) in [5, 5.41) is 7.35. The summed E-state index contributed by atoms with van der Waals surface area (Å²) >= 11 is 0. The van der Waals surface area contributed by atoms with Crippen molar-refractivity contribution in [3.8, 4) is 0 Å². The average Bonchev–Trinajstić information content (AvgIpc) is 2.65. The van der Waals surface area contributed by atoms with Gasteiger partial charge in [0, 0.05) is 18.7 Å². The van der Waals surface area contributed by atoms with Crippen LogP contribution in [0.5, 0.6) is 0 Å². The van der Waals surface area contributed by atoms with Crippen LogP contribution in [-0.4, -0.2) is 23.2 Å². The lowest BCUT2D eigenvalue weighted by Crippen LogP contribution is -2.24. The third kappa shape index (κ3) is 2.21. The number of hydrogen-bond donors (Lipinski definition) is 2. The summed E-state index contributed by atoms with van der Waals surface area (Å²) in [7, 11) is 0. The second-order valence-electron chi connectivity index (χ2n) is 3.87. The second-order valence-corrected chi connectivity index (χ2v) is 3.87. The van der Waals surface area contributed by atoms with Crippen LogP contribution in [0.3, 0.4) is 0 Å². The molecule has 1 aromatic carbocycles. The fourth-order valence-corrected chi connectivity index (χ4v) is 1.80. The molecule has 1 amide bonds. The Balaban J connectivity index is 2.12. The van der Waals surface area contributed by atoms with E-state index in [0.717, 1.165) is 18.5 Å². The first-order valence-corrected chi connectivity index (χ1v) is 5.22. The fourth-order valence-electron chi connectivity index (χ4n) is 1.80. The number of hydrogen-bond acceptors (Lipinski definition) is 2. The van der Waals surface area contributed by atoms with Crippen molar-refractivity contribution in [1.29, 1.82) is 5.41 Å². The number of nitrogens with zero attached hydrogens (tertiary/aromatic N) is 1. The molecule has 1 fully saturated rings. The van der Waals surface area contributed by atoms with Gasteiger partial charge in [-0.1, -0.05) is 18.2 Å².